The smallest absolute Gasteiger partial charge is 0.0464 e. The highest BCUT2D eigenvalue weighted by Crippen LogP contribution is 2.56. The Morgan fingerprint density at radius 2 is 1.11 bits per heavy atom. The molecule has 1 aliphatic rings. The Morgan fingerprint density at radius 1 is 0.579 bits per heavy atom. The van der Waals surface area contributed by atoms with E-state index in [1.54, 1.807) is 0 Å². The van der Waals surface area contributed by atoms with Crippen LogP contribution in [-0.4, -0.2) is 0 Å². The van der Waals surface area contributed by atoms with E-state index >= 15 is 0 Å². The quantitative estimate of drug-likeness (QED) is 0.145. The Hall–Kier alpha value is -1.38. The summed E-state index contributed by atoms with van der Waals surface area (Å²) in [7, 11) is 0. The molecule has 2 heteroatoms. The minimum atomic E-state index is -0.106. The number of rotatable bonds is 15. The van der Waals surface area contributed by atoms with Gasteiger partial charge in [-0.15, -0.1) is 0 Å². The lowest BCUT2D eigenvalue weighted by Gasteiger charge is -2.34. The van der Waals surface area contributed by atoms with Gasteiger partial charge in [0.25, 0.3) is 0 Å². The van der Waals surface area contributed by atoms with Gasteiger partial charge < -0.3 is 0 Å². The number of benzene rings is 3. The molecule has 4 rings (SSSR count). The van der Waals surface area contributed by atoms with Gasteiger partial charge in [0, 0.05) is 14.4 Å². The summed E-state index contributed by atoms with van der Waals surface area (Å²) >= 11 is 7.68. The normalized spacial score (nSPS) is 13.5. The molecule has 3 aromatic rings. The molecule has 3 aromatic carbocycles. The predicted molar refractivity (Wildman–Crippen MR) is 173 cm³/mol. The van der Waals surface area contributed by atoms with Crippen LogP contribution in [0.4, 0.5) is 0 Å². The van der Waals surface area contributed by atoms with Crippen LogP contribution in [0.1, 0.15) is 125 Å². The summed E-state index contributed by atoms with van der Waals surface area (Å²) in [4.78, 5) is 0. The number of unbranched alkanes of at least 4 members (excludes halogenated alkanes) is 10. The molecular weight excluding hydrogens is 592 g/mol. The van der Waals surface area contributed by atoms with Crippen LogP contribution in [-0.2, 0) is 11.8 Å². The van der Waals surface area contributed by atoms with Crippen molar-refractivity contribution in [2.45, 2.75) is 116 Å². The number of fused-ring (bicyclic) bond motifs is 3. The Balaban J connectivity index is 1.73. The van der Waals surface area contributed by atoms with Crippen molar-refractivity contribution in [1.82, 2.24) is 0 Å². The first-order valence-electron chi connectivity index (χ1n) is 15.2. The van der Waals surface area contributed by atoms with Crippen molar-refractivity contribution in [3.63, 3.8) is 0 Å². The van der Waals surface area contributed by atoms with Crippen LogP contribution in [0.15, 0.2) is 63.5 Å². The zero-order chi connectivity index (χ0) is 27.0. The van der Waals surface area contributed by atoms with Crippen molar-refractivity contribution in [3.8, 4) is 11.1 Å². The van der Waals surface area contributed by atoms with Gasteiger partial charge >= 0.3 is 0 Å². The zero-order valence-corrected chi connectivity index (χ0v) is 27.0. The van der Waals surface area contributed by atoms with E-state index in [2.05, 4.69) is 107 Å². The van der Waals surface area contributed by atoms with Crippen molar-refractivity contribution >= 4 is 31.9 Å². The Bertz CT molecular complexity index is 1140. The monoisotopic (exact) mass is 636 g/mol. The van der Waals surface area contributed by atoms with Gasteiger partial charge in [-0.2, -0.15) is 0 Å². The van der Waals surface area contributed by atoms with E-state index in [9.17, 15) is 0 Å². The highest BCUT2D eigenvalue weighted by Gasteiger charge is 2.44. The van der Waals surface area contributed by atoms with Gasteiger partial charge in [-0.3, -0.25) is 0 Å². The lowest BCUT2D eigenvalue weighted by molar-refractivity contribution is 0.505. The number of halogens is 2. The van der Waals surface area contributed by atoms with E-state index in [1.807, 2.05) is 0 Å². The summed E-state index contributed by atoms with van der Waals surface area (Å²) in [6.07, 6.45) is 18.4. The average molecular weight is 639 g/mol. The van der Waals surface area contributed by atoms with Crippen LogP contribution in [0.2, 0.25) is 0 Å². The second-order valence-corrected chi connectivity index (χ2v) is 13.4. The molecule has 0 aromatic heterocycles. The molecule has 0 nitrogen and oxygen atoms in total. The van der Waals surface area contributed by atoms with Crippen molar-refractivity contribution in [1.29, 1.82) is 0 Å². The van der Waals surface area contributed by atoms with E-state index in [0.29, 0.717) is 0 Å². The van der Waals surface area contributed by atoms with Gasteiger partial charge in [0.2, 0.25) is 0 Å². The van der Waals surface area contributed by atoms with Crippen LogP contribution in [0.25, 0.3) is 11.1 Å². The molecule has 0 heterocycles. The highest BCUT2D eigenvalue weighted by atomic mass is 79.9. The Morgan fingerprint density at radius 3 is 1.68 bits per heavy atom. The van der Waals surface area contributed by atoms with Crippen LogP contribution in [0.3, 0.4) is 0 Å². The maximum Gasteiger partial charge on any atom is 0.0464 e. The van der Waals surface area contributed by atoms with Gasteiger partial charge in [0.05, 0.1) is 0 Å². The van der Waals surface area contributed by atoms with Gasteiger partial charge in [-0.05, 0) is 83.8 Å². The minimum Gasteiger partial charge on any atom is -0.0654 e. The van der Waals surface area contributed by atoms with Gasteiger partial charge in [-0.1, -0.05) is 152 Å². The van der Waals surface area contributed by atoms with Crippen molar-refractivity contribution in [2.24, 2.45) is 0 Å². The predicted octanol–water partition coefficient (Wildman–Crippen LogP) is 12.5. The third-order valence-corrected chi connectivity index (χ3v) is 9.51. The molecule has 0 atom stereocenters. The fourth-order valence-corrected chi connectivity index (χ4v) is 7.33. The molecular formula is C36H46Br2. The van der Waals surface area contributed by atoms with Crippen LogP contribution in [0.5, 0.6) is 0 Å². The first-order valence-corrected chi connectivity index (χ1v) is 16.8. The van der Waals surface area contributed by atoms with Crippen LogP contribution < -0.4 is 0 Å². The van der Waals surface area contributed by atoms with Crippen LogP contribution in [0, 0.1) is 6.92 Å². The van der Waals surface area contributed by atoms with E-state index < -0.39 is 0 Å². The first-order chi connectivity index (χ1) is 18.5. The summed E-state index contributed by atoms with van der Waals surface area (Å²) in [6, 6.07) is 21.4. The summed E-state index contributed by atoms with van der Waals surface area (Å²) in [5, 5.41) is 0. The summed E-state index contributed by atoms with van der Waals surface area (Å²) < 4.78 is 2.35. The van der Waals surface area contributed by atoms with Gasteiger partial charge in [-0.25, -0.2) is 0 Å². The minimum absolute atomic E-state index is 0.106. The van der Waals surface area contributed by atoms with Crippen LogP contribution >= 0.6 is 31.9 Å². The van der Waals surface area contributed by atoms with E-state index in [0.717, 1.165) is 6.42 Å². The molecule has 0 spiro atoms. The van der Waals surface area contributed by atoms with Crippen molar-refractivity contribution in [2.75, 3.05) is 0 Å². The number of hydrogen-bond donors (Lipinski definition) is 0. The molecule has 38 heavy (non-hydrogen) atoms. The fourth-order valence-electron chi connectivity index (χ4n) is 6.61. The SMILES string of the molecule is CCCCCCCCc1cc(C)cc(C2(CCCCCCCC)c3cc(Br)ccc3-c3ccc(Br)cc32)c1. The second kappa shape index (κ2) is 14.3. The zero-order valence-electron chi connectivity index (χ0n) is 23.9. The topological polar surface area (TPSA) is 0 Å². The summed E-state index contributed by atoms with van der Waals surface area (Å²) in [5.41, 5.74) is 10.0. The molecule has 0 saturated carbocycles. The molecule has 0 N–H and O–H groups in total. The lowest BCUT2D eigenvalue weighted by Crippen LogP contribution is -2.27. The fraction of sp³-hybridized carbons (Fsp3) is 0.500. The molecule has 1 aliphatic carbocycles. The molecule has 0 aliphatic heterocycles. The number of hydrogen-bond acceptors (Lipinski definition) is 0. The summed E-state index contributed by atoms with van der Waals surface area (Å²) in [6.45, 7) is 6.90. The third-order valence-electron chi connectivity index (χ3n) is 8.53. The molecule has 204 valence electrons. The summed E-state index contributed by atoms with van der Waals surface area (Å²) in [5.74, 6) is 0. The molecule has 0 amide bonds. The van der Waals surface area contributed by atoms with Gasteiger partial charge in [0.1, 0.15) is 0 Å². The molecule has 0 bridgehead atoms. The first kappa shape index (κ1) is 29.6. The molecule has 0 fully saturated rings. The van der Waals surface area contributed by atoms with E-state index in [-0.39, 0.29) is 5.41 Å². The Kier molecular flexibility index (Phi) is 11.1. The Labute approximate surface area is 249 Å². The van der Waals surface area contributed by atoms with E-state index in [1.165, 1.54) is 131 Å². The third kappa shape index (κ3) is 6.84. The highest BCUT2D eigenvalue weighted by molar-refractivity contribution is 9.10. The number of aryl methyl sites for hydroxylation is 2. The molecule has 0 unspecified atom stereocenters. The van der Waals surface area contributed by atoms with Gasteiger partial charge in [0.15, 0.2) is 0 Å². The maximum atomic E-state index is 3.84. The van der Waals surface area contributed by atoms with Crippen molar-refractivity contribution < 1.29 is 0 Å². The maximum absolute atomic E-state index is 3.84. The average Bonchev–Trinajstić information content (AvgIpc) is 3.16. The standard InChI is InChI=1S/C36H46Br2/c1-4-6-8-10-12-14-16-28-22-27(3)23-29(24-28)36(21-15-13-11-9-7-5-2)34-25-30(37)17-19-32(34)33-20-18-31(38)26-35(33)36/h17-20,22-26H,4-16,21H2,1-3H3. The van der Waals surface area contributed by atoms with Crippen molar-refractivity contribution in [3.05, 3.63) is 91.4 Å². The molecule has 0 saturated heterocycles. The lowest BCUT2D eigenvalue weighted by atomic mass is 9.68. The largest absolute Gasteiger partial charge is 0.0654 e. The second-order valence-electron chi connectivity index (χ2n) is 11.5. The molecule has 0 radical (unpaired) electrons. The van der Waals surface area contributed by atoms with E-state index in [4.69, 9.17) is 0 Å².